The van der Waals surface area contributed by atoms with E-state index in [1.54, 1.807) is 23.0 Å². The minimum atomic E-state index is -0.362. The number of benzene rings is 3. The lowest BCUT2D eigenvalue weighted by Crippen LogP contribution is -2.12. The fourth-order valence-electron chi connectivity index (χ4n) is 3.38. The van der Waals surface area contributed by atoms with Gasteiger partial charge in [0, 0.05) is 18.2 Å². The van der Waals surface area contributed by atoms with Crippen molar-refractivity contribution in [3.63, 3.8) is 0 Å². The number of nitrogens with zero attached hydrogens (tertiary/aromatic N) is 4. The van der Waals surface area contributed by atoms with Crippen molar-refractivity contribution in [2.24, 2.45) is 0 Å². The average molecular weight is 456 g/mol. The summed E-state index contributed by atoms with van der Waals surface area (Å²) in [4.78, 5) is 13.2. The largest absolute Gasteiger partial charge is 0.296 e. The van der Waals surface area contributed by atoms with Crippen LogP contribution in [0.5, 0.6) is 0 Å². The van der Waals surface area contributed by atoms with Crippen molar-refractivity contribution in [1.29, 1.82) is 0 Å². The van der Waals surface area contributed by atoms with Gasteiger partial charge in [-0.2, -0.15) is 5.10 Å². The Bertz CT molecular complexity index is 1380. The van der Waals surface area contributed by atoms with E-state index in [1.165, 1.54) is 23.5 Å². The highest BCUT2D eigenvalue weighted by atomic mass is 32.1. The molecule has 0 atom stereocenters. The van der Waals surface area contributed by atoms with E-state index in [-0.39, 0.29) is 11.7 Å². The molecule has 33 heavy (non-hydrogen) atoms. The fraction of sp³-hybridized carbons (Fsp3) is 0.0400. The molecular formula is C25H18FN5OS. The molecule has 8 heteroatoms. The van der Waals surface area contributed by atoms with Crippen molar-refractivity contribution in [1.82, 2.24) is 20.0 Å². The van der Waals surface area contributed by atoms with Gasteiger partial charge in [0.2, 0.25) is 5.13 Å². The van der Waals surface area contributed by atoms with Crippen LogP contribution in [0.1, 0.15) is 20.9 Å². The van der Waals surface area contributed by atoms with Gasteiger partial charge in [-0.25, -0.2) is 9.07 Å². The third kappa shape index (κ3) is 4.70. The van der Waals surface area contributed by atoms with Gasteiger partial charge in [-0.15, -0.1) is 10.2 Å². The summed E-state index contributed by atoms with van der Waals surface area (Å²) in [5.74, 6) is -0.717. The number of hydrogen-bond acceptors (Lipinski definition) is 5. The van der Waals surface area contributed by atoms with E-state index in [0.29, 0.717) is 28.4 Å². The molecule has 0 aliphatic heterocycles. The smallest absolute Gasteiger partial charge is 0.261 e. The number of carbonyl (C=O) groups is 1. The van der Waals surface area contributed by atoms with Crippen LogP contribution in [0.4, 0.5) is 9.52 Å². The molecule has 2 heterocycles. The highest BCUT2D eigenvalue weighted by Gasteiger charge is 2.20. The minimum Gasteiger partial charge on any atom is -0.296 e. The number of rotatable bonds is 6. The van der Waals surface area contributed by atoms with Crippen LogP contribution < -0.4 is 5.32 Å². The second-order valence-electron chi connectivity index (χ2n) is 7.30. The molecule has 0 radical (unpaired) electrons. The van der Waals surface area contributed by atoms with Crippen LogP contribution >= 0.6 is 11.3 Å². The van der Waals surface area contributed by atoms with Gasteiger partial charge in [-0.3, -0.25) is 10.1 Å². The summed E-state index contributed by atoms with van der Waals surface area (Å²) in [5, 5.41) is 17.0. The molecule has 1 N–H and O–H groups in total. The van der Waals surface area contributed by atoms with Gasteiger partial charge < -0.3 is 0 Å². The third-order valence-electron chi connectivity index (χ3n) is 4.98. The van der Waals surface area contributed by atoms with E-state index in [4.69, 9.17) is 0 Å². The zero-order valence-corrected chi connectivity index (χ0v) is 18.2. The molecule has 6 nitrogen and oxygen atoms in total. The highest BCUT2D eigenvalue weighted by Crippen LogP contribution is 2.26. The normalized spacial score (nSPS) is 10.8. The van der Waals surface area contributed by atoms with Crippen LogP contribution in [0.3, 0.4) is 0 Å². The lowest BCUT2D eigenvalue weighted by molar-refractivity contribution is 0.102. The molecule has 5 aromatic rings. The van der Waals surface area contributed by atoms with Crippen LogP contribution in [-0.2, 0) is 6.42 Å². The molecule has 0 unspecified atom stereocenters. The summed E-state index contributed by atoms with van der Waals surface area (Å²) < 4.78 is 15.1. The van der Waals surface area contributed by atoms with Gasteiger partial charge in [0.15, 0.2) is 0 Å². The molecule has 1 amide bonds. The maximum absolute atomic E-state index is 13.5. The summed E-state index contributed by atoms with van der Waals surface area (Å²) in [6, 6.07) is 25.3. The standard InChI is InChI=1S/C25H18FN5OS/c26-19-13-11-18(12-14-19)23-21(16-31(30-23)20-9-5-2-6-10-20)24(32)27-25-29-28-22(33-25)15-17-7-3-1-4-8-17/h1-14,16H,15H2,(H,27,29,32). The van der Waals surface area contributed by atoms with Gasteiger partial charge in [0.25, 0.3) is 5.91 Å². The topological polar surface area (TPSA) is 72.7 Å². The molecule has 0 saturated heterocycles. The van der Waals surface area contributed by atoms with E-state index in [9.17, 15) is 9.18 Å². The monoisotopic (exact) mass is 455 g/mol. The first-order valence-electron chi connectivity index (χ1n) is 10.2. The van der Waals surface area contributed by atoms with E-state index in [2.05, 4.69) is 20.6 Å². The maximum Gasteiger partial charge on any atom is 0.261 e. The minimum absolute atomic E-state index is 0.352. The molecular weight excluding hydrogens is 437 g/mol. The van der Waals surface area contributed by atoms with Crippen LogP contribution in [0.25, 0.3) is 16.9 Å². The van der Waals surface area contributed by atoms with Crippen LogP contribution in [0, 0.1) is 5.82 Å². The van der Waals surface area contributed by atoms with Gasteiger partial charge in [-0.1, -0.05) is 59.9 Å². The Morgan fingerprint density at radius 1 is 0.909 bits per heavy atom. The van der Waals surface area contributed by atoms with Crippen molar-refractivity contribution in [2.75, 3.05) is 5.32 Å². The second-order valence-corrected chi connectivity index (χ2v) is 8.36. The summed E-state index contributed by atoms with van der Waals surface area (Å²) >= 11 is 1.33. The van der Waals surface area contributed by atoms with Gasteiger partial charge >= 0.3 is 0 Å². The zero-order chi connectivity index (χ0) is 22.6. The lowest BCUT2D eigenvalue weighted by atomic mass is 10.1. The third-order valence-corrected chi connectivity index (χ3v) is 5.82. The number of halogens is 1. The summed E-state index contributed by atoms with van der Waals surface area (Å²) in [6.45, 7) is 0. The molecule has 0 spiro atoms. The van der Waals surface area contributed by atoms with Crippen molar-refractivity contribution >= 4 is 22.4 Å². The molecule has 0 bridgehead atoms. The first kappa shape index (κ1) is 20.7. The highest BCUT2D eigenvalue weighted by molar-refractivity contribution is 7.15. The Hall–Kier alpha value is -4.17. The first-order valence-corrected chi connectivity index (χ1v) is 11.1. The van der Waals surface area contributed by atoms with Crippen molar-refractivity contribution in [3.05, 3.63) is 113 Å². The Morgan fingerprint density at radius 3 is 2.33 bits per heavy atom. The zero-order valence-electron chi connectivity index (χ0n) is 17.4. The molecule has 0 aliphatic rings. The van der Waals surface area contributed by atoms with Gasteiger partial charge in [0.05, 0.1) is 11.3 Å². The Balaban J connectivity index is 1.43. The Labute approximate surface area is 193 Å². The molecule has 0 fully saturated rings. The molecule has 0 aliphatic carbocycles. The molecule has 0 saturated carbocycles. The number of anilines is 1. The average Bonchev–Trinajstić information content (AvgIpc) is 3.48. The predicted octanol–water partition coefficient (Wildman–Crippen LogP) is 5.37. The summed E-state index contributed by atoms with van der Waals surface area (Å²) in [6.07, 6.45) is 2.30. The second kappa shape index (κ2) is 9.13. The quantitative estimate of drug-likeness (QED) is 0.373. The van der Waals surface area contributed by atoms with Gasteiger partial charge in [-0.05, 0) is 42.0 Å². The van der Waals surface area contributed by atoms with Crippen LogP contribution in [-0.4, -0.2) is 25.9 Å². The number of carbonyl (C=O) groups excluding carboxylic acids is 1. The SMILES string of the molecule is O=C(Nc1nnc(Cc2ccccc2)s1)c1cn(-c2ccccc2)nc1-c1ccc(F)cc1. The number of amides is 1. The van der Waals surface area contributed by atoms with E-state index >= 15 is 0 Å². The number of hydrogen-bond donors (Lipinski definition) is 1. The van der Waals surface area contributed by atoms with Crippen molar-refractivity contribution in [2.45, 2.75) is 6.42 Å². The number of nitrogens with one attached hydrogen (secondary N) is 1. The van der Waals surface area contributed by atoms with Crippen molar-refractivity contribution < 1.29 is 9.18 Å². The first-order chi connectivity index (χ1) is 16.2. The van der Waals surface area contributed by atoms with Crippen molar-refractivity contribution in [3.8, 4) is 16.9 Å². The molecule has 2 aromatic heterocycles. The van der Waals surface area contributed by atoms with Gasteiger partial charge in [0.1, 0.15) is 16.5 Å². The Kier molecular flexibility index (Phi) is 5.73. The molecule has 3 aromatic carbocycles. The Morgan fingerprint density at radius 2 is 1.61 bits per heavy atom. The van der Waals surface area contributed by atoms with E-state index in [1.807, 2.05) is 60.7 Å². The molecule has 162 valence electrons. The van der Waals surface area contributed by atoms with Crippen LogP contribution in [0.15, 0.2) is 91.1 Å². The summed E-state index contributed by atoms with van der Waals surface area (Å²) in [7, 11) is 0. The summed E-state index contributed by atoms with van der Waals surface area (Å²) in [5.41, 5.74) is 3.36. The molecule has 5 rings (SSSR count). The lowest BCUT2D eigenvalue weighted by Gasteiger charge is -2.02. The van der Waals surface area contributed by atoms with E-state index in [0.717, 1.165) is 16.3 Å². The maximum atomic E-state index is 13.5. The predicted molar refractivity (Wildman–Crippen MR) is 126 cm³/mol. The van der Waals surface area contributed by atoms with E-state index < -0.39 is 0 Å². The number of para-hydroxylation sites is 1. The fourth-order valence-corrected chi connectivity index (χ4v) is 4.15. The van der Waals surface area contributed by atoms with Crippen LogP contribution in [0.2, 0.25) is 0 Å². The number of aromatic nitrogens is 4.